The molecule has 0 unspecified atom stereocenters. The molecule has 1 aliphatic rings. The lowest BCUT2D eigenvalue weighted by molar-refractivity contribution is -0.113. The molecule has 1 aromatic heterocycles. The minimum absolute atomic E-state index is 0.0488. The van der Waals surface area contributed by atoms with E-state index in [9.17, 15) is 4.79 Å². The number of Topliss-reactive ketones (excluding diaryl/α,β-unsaturated/α-hetero) is 1. The molecule has 1 aliphatic heterocycles. The largest absolute Gasteiger partial charge is 0.347 e. The van der Waals surface area contributed by atoms with Crippen LogP contribution in [0, 0.1) is 0 Å². The number of hydrogen-bond donors (Lipinski definition) is 1. The van der Waals surface area contributed by atoms with E-state index in [0.717, 1.165) is 15.3 Å². The van der Waals surface area contributed by atoms with Crippen LogP contribution in [-0.4, -0.2) is 10.8 Å². The molecular formula is C15H10ClNOS2. The summed E-state index contributed by atoms with van der Waals surface area (Å²) in [6.45, 7) is 0. The van der Waals surface area contributed by atoms with Crippen LogP contribution in [0.3, 0.4) is 0 Å². The number of carbonyl (C=O) groups excluding carboxylic acids is 1. The number of thiocarbonyl (C=S) groups is 1. The Morgan fingerprint density at radius 3 is 2.85 bits per heavy atom. The van der Waals surface area contributed by atoms with Crippen molar-refractivity contribution < 1.29 is 4.79 Å². The molecule has 2 nitrogen and oxygen atoms in total. The number of nitrogens with one attached hydrogen (secondary N) is 1. The van der Waals surface area contributed by atoms with E-state index in [1.807, 2.05) is 42.5 Å². The summed E-state index contributed by atoms with van der Waals surface area (Å²) in [6.07, 6.45) is 2.16. The van der Waals surface area contributed by atoms with Gasteiger partial charge in [-0.1, -0.05) is 36.0 Å². The van der Waals surface area contributed by atoms with E-state index in [-0.39, 0.29) is 5.78 Å². The average Bonchev–Trinajstić information content (AvgIpc) is 2.97. The van der Waals surface area contributed by atoms with E-state index in [2.05, 4.69) is 5.32 Å². The molecule has 1 aromatic carbocycles. The fraction of sp³-hybridized carbons (Fsp3) is 0.0667. The Labute approximate surface area is 131 Å². The van der Waals surface area contributed by atoms with E-state index in [0.29, 0.717) is 22.1 Å². The number of rotatable bonds is 2. The van der Waals surface area contributed by atoms with Gasteiger partial charge in [0, 0.05) is 14.8 Å². The van der Waals surface area contributed by atoms with Gasteiger partial charge in [-0.3, -0.25) is 4.79 Å². The summed E-state index contributed by atoms with van der Waals surface area (Å²) in [5.41, 5.74) is 1.66. The zero-order valence-corrected chi connectivity index (χ0v) is 12.7. The number of hydrogen-bond acceptors (Lipinski definition) is 3. The van der Waals surface area contributed by atoms with Gasteiger partial charge in [-0.25, -0.2) is 0 Å². The van der Waals surface area contributed by atoms with Crippen LogP contribution < -0.4 is 5.32 Å². The lowest BCUT2D eigenvalue weighted by Gasteiger charge is -1.97. The first kappa shape index (κ1) is 13.5. The topological polar surface area (TPSA) is 29.1 Å². The SMILES string of the molecule is O=C1CC(=S)N/C1=C/c1ccc(-c2cccc(Cl)c2)s1. The number of halogens is 1. The van der Waals surface area contributed by atoms with Crippen molar-refractivity contribution >= 4 is 52.0 Å². The summed E-state index contributed by atoms with van der Waals surface area (Å²) in [5, 5.41) is 3.66. The molecule has 3 rings (SSSR count). The van der Waals surface area contributed by atoms with Crippen molar-refractivity contribution in [2.75, 3.05) is 0 Å². The Bertz CT molecular complexity index is 733. The highest BCUT2D eigenvalue weighted by Crippen LogP contribution is 2.31. The van der Waals surface area contributed by atoms with Gasteiger partial charge in [-0.15, -0.1) is 11.3 Å². The predicted octanol–water partition coefficient (Wildman–Crippen LogP) is 4.30. The molecule has 2 aromatic rings. The molecular weight excluding hydrogens is 310 g/mol. The standard InChI is InChI=1S/C15H10ClNOS2/c16-10-3-1-2-9(6-10)14-5-4-11(20-14)7-12-13(18)8-15(19)17-12/h1-7H,8H2,(H,17,19)/b12-7+. The predicted molar refractivity (Wildman–Crippen MR) is 88.1 cm³/mol. The normalized spacial score (nSPS) is 16.8. The number of thiophene rings is 1. The molecule has 5 heteroatoms. The Balaban J connectivity index is 1.89. The van der Waals surface area contributed by atoms with E-state index >= 15 is 0 Å². The summed E-state index contributed by atoms with van der Waals surface area (Å²) in [5.74, 6) is 0.0488. The van der Waals surface area contributed by atoms with Crippen molar-refractivity contribution in [1.29, 1.82) is 0 Å². The summed E-state index contributed by atoms with van der Waals surface area (Å²) in [6, 6.07) is 11.7. The molecule has 0 atom stereocenters. The fourth-order valence-electron chi connectivity index (χ4n) is 1.99. The molecule has 0 saturated carbocycles. The molecule has 0 amide bonds. The van der Waals surface area contributed by atoms with Crippen molar-refractivity contribution in [2.45, 2.75) is 6.42 Å². The summed E-state index contributed by atoms with van der Waals surface area (Å²) in [4.78, 5) is 14.4. The zero-order chi connectivity index (χ0) is 14.1. The molecule has 1 saturated heterocycles. The Morgan fingerprint density at radius 2 is 2.15 bits per heavy atom. The van der Waals surface area contributed by atoms with Crippen LogP contribution in [-0.2, 0) is 4.79 Å². The molecule has 100 valence electrons. The highest BCUT2D eigenvalue weighted by molar-refractivity contribution is 7.80. The van der Waals surface area contributed by atoms with Gasteiger partial charge in [0.2, 0.25) is 0 Å². The van der Waals surface area contributed by atoms with Gasteiger partial charge in [0.15, 0.2) is 5.78 Å². The summed E-state index contributed by atoms with van der Waals surface area (Å²) < 4.78 is 0. The van der Waals surface area contributed by atoms with E-state index in [4.69, 9.17) is 23.8 Å². The van der Waals surface area contributed by atoms with Crippen molar-refractivity contribution in [2.24, 2.45) is 0 Å². The van der Waals surface area contributed by atoms with Crippen LogP contribution in [0.5, 0.6) is 0 Å². The maximum Gasteiger partial charge on any atom is 0.185 e. The molecule has 0 spiro atoms. The van der Waals surface area contributed by atoms with Crippen LogP contribution in [0.2, 0.25) is 5.02 Å². The molecule has 1 N–H and O–H groups in total. The average molecular weight is 320 g/mol. The molecule has 0 aliphatic carbocycles. The summed E-state index contributed by atoms with van der Waals surface area (Å²) >= 11 is 12.6. The lowest BCUT2D eigenvalue weighted by Crippen LogP contribution is -2.10. The minimum Gasteiger partial charge on any atom is -0.347 e. The smallest absolute Gasteiger partial charge is 0.185 e. The van der Waals surface area contributed by atoms with Crippen LogP contribution in [0.1, 0.15) is 11.3 Å². The molecule has 2 heterocycles. The highest BCUT2D eigenvalue weighted by atomic mass is 35.5. The highest BCUT2D eigenvalue weighted by Gasteiger charge is 2.21. The number of ketones is 1. The van der Waals surface area contributed by atoms with Gasteiger partial charge in [0.05, 0.1) is 17.1 Å². The third-order valence-corrected chi connectivity index (χ3v) is 4.48. The summed E-state index contributed by atoms with van der Waals surface area (Å²) in [7, 11) is 0. The van der Waals surface area contributed by atoms with Crippen molar-refractivity contribution in [3.05, 3.63) is 52.0 Å². The van der Waals surface area contributed by atoms with E-state index < -0.39 is 0 Å². The van der Waals surface area contributed by atoms with Crippen LogP contribution in [0.25, 0.3) is 16.5 Å². The number of carbonyl (C=O) groups is 1. The monoisotopic (exact) mass is 319 g/mol. The first-order chi connectivity index (χ1) is 9.61. The lowest BCUT2D eigenvalue weighted by atomic mass is 10.2. The maximum absolute atomic E-state index is 11.7. The van der Waals surface area contributed by atoms with Gasteiger partial charge < -0.3 is 5.32 Å². The van der Waals surface area contributed by atoms with Crippen molar-refractivity contribution in [3.8, 4) is 10.4 Å². The third kappa shape index (κ3) is 2.82. The van der Waals surface area contributed by atoms with Gasteiger partial charge in [0.25, 0.3) is 0 Å². The van der Waals surface area contributed by atoms with Crippen molar-refractivity contribution in [1.82, 2.24) is 5.32 Å². The van der Waals surface area contributed by atoms with Crippen LogP contribution in [0.4, 0.5) is 0 Å². The Hall–Kier alpha value is -1.49. The van der Waals surface area contributed by atoms with Crippen LogP contribution >= 0.6 is 35.2 Å². The van der Waals surface area contributed by atoms with Gasteiger partial charge in [-0.05, 0) is 35.9 Å². The fourth-order valence-corrected chi connectivity index (χ4v) is 3.37. The molecule has 20 heavy (non-hydrogen) atoms. The van der Waals surface area contributed by atoms with E-state index in [1.165, 1.54) is 0 Å². The number of allylic oxidation sites excluding steroid dienone is 1. The van der Waals surface area contributed by atoms with Gasteiger partial charge in [0.1, 0.15) is 0 Å². The molecule has 0 radical (unpaired) electrons. The quantitative estimate of drug-likeness (QED) is 0.661. The minimum atomic E-state index is 0.0488. The zero-order valence-electron chi connectivity index (χ0n) is 10.4. The Kier molecular flexibility index (Phi) is 3.70. The third-order valence-electron chi connectivity index (χ3n) is 2.92. The second-order valence-electron chi connectivity index (χ2n) is 4.42. The van der Waals surface area contributed by atoms with Gasteiger partial charge in [-0.2, -0.15) is 0 Å². The van der Waals surface area contributed by atoms with E-state index in [1.54, 1.807) is 11.3 Å². The van der Waals surface area contributed by atoms with Gasteiger partial charge >= 0.3 is 0 Å². The maximum atomic E-state index is 11.7. The second-order valence-corrected chi connectivity index (χ2v) is 6.46. The number of benzene rings is 1. The van der Waals surface area contributed by atoms with Crippen LogP contribution in [0.15, 0.2) is 42.1 Å². The first-order valence-corrected chi connectivity index (χ1v) is 7.62. The Morgan fingerprint density at radius 1 is 1.30 bits per heavy atom. The van der Waals surface area contributed by atoms with Crippen molar-refractivity contribution in [3.63, 3.8) is 0 Å². The first-order valence-electron chi connectivity index (χ1n) is 6.02. The second kappa shape index (κ2) is 5.48. The molecule has 1 fully saturated rings. The molecule has 0 bridgehead atoms.